The zero-order valence-corrected chi connectivity index (χ0v) is 15.0. The predicted molar refractivity (Wildman–Crippen MR) is 92.5 cm³/mol. The summed E-state index contributed by atoms with van der Waals surface area (Å²) in [6, 6.07) is 0. The quantitative estimate of drug-likeness (QED) is 0.369. The van der Waals surface area contributed by atoms with E-state index in [-0.39, 0.29) is 5.41 Å². The van der Waals surface area contributed by atoms with Crippen molar-refractivity contribution in [3.05, 3.63) is 46.8 Å². The van der Waals surface area contributed by atoms with Crippen molar-refractivity contribution in [2.75, 3.05) is 0 Å². The zero-order chi connectivity index (χ0) is 18.4. The van der Waals surface area contributed by atoms with Crippen molar-refractivity contribution in [3.8, 4) is 0 Å². The van der Waals surface area contributed by atoms with Gasteiger partial charge in [0.2, 0.25) is 0 Å². The molecule has 1 N–H and O–H groups in total. The van der Waals surface area contributed by atoms with E-state index in [4.69, 9.17) is 9.47 Å². The van der Waals surface area contributed by atoms with E-state index in [9.17, 15) is 14.7 Å². The highest BCUT2D eigenvalue weighted by Crippen LogP contribution is 2.52. The van der Waals surface area contributed by atoms with Crippen LogP contribution in [0.2, 0.25) is 0 Å². The molecular weight excluding hydrogens is 320 g/mol. The summed E-state index contributed by atoms with van der Waals surface area (Å²) in [5.41, 5.74) is 1.50. The molecule has 1 fully saturated rings. The van der Waals surface area contributed by atoms with Crippen molar-refractivity contribution in [1.82, 2.24) is 0 Å². The van der Waals surface area contributed by atoms with Gasteiger partial charge in [-0.05, 0) is 61.1 Å². The van der Waals surface area contributed by atoms with Crippen molar-refractivity contribution in [1.29, 1.82) is 0 Å². The number of fused-ring (bicyclic) bond motifs is 1. The molecule has 3 aliphatic rings. The fourth-order valence-corrected chi connectivity index (χ4v) is 4.24. The number of aliphatic hydroxyl groups is 1. The lowest BCUT2D eigenvalue weighted by Gasteiger charge is -2.44. The Morgan fingerprint density at radius 2 is 2.04 bits per heavy atom. The van der Waals surface area contributed by atoms with Crippen LogP contribution >= 0.6 is 0 Å². The number of hydrogen-bond donors (Lipinski definition) is 1. The zero-order valence-electron chi connectivity index (χ0n) is 15.0. The molecule has 0 aromatic carbocycles. The highest BCUT2D eigenvalue weighted by Gasteiger charge is 2.51. The molecule has 5 nitrogen and oxygen atoms in total. The topological polar surface area (TPSA) is 72.8 Å². The van der Waals surface area contributed by atoms with Crippen LogP contribution in [0.25, 0.3) is 0 Å². The van der Waals surface area contributed by atoms with E-state index in [1.807, 2.05) is 13.0 Å². The number of aliphatic hydroxyl groups excluding tert-OH is 1. The summed E-state index contributed by atoms with van der Waals surface area (Å²) in [6.07, 6.45) is 7.68. The average molecular weight is 344 g/mol. The molecule has 0 radical (unpaired) electrons. The summed E-state index contributed by atoms with van der Waals surface area (Å²) in [5.74, 6) is -0.0375. The first-order valence-electron chi connectivity index (χ1n) is 8.51. The van der Waals surface area contributed by atoms with E-state index in [0.717, 1.165) is 5.57 Å². The summed E-state index contributed by atoms with van der Waals surface area (Å²) in [7, 11) is 0. The van der Waals surface area contributed by atoms with Gasteiger partial charge in [-0.3, -0.25) is 4.79 Å². The van der Waals surface area contributed by atoms with Crippen LogP contribution in [-0.4, -0.2) is 35.2 Å². The van der Waals surface area contributed by atoms with Crippen LogP contribution in [0.1, 0.15) is 40.5 Å². The van der Waals surface area contributed by atoms with Gasteiger partial charge in [0, 0.05) is 6.42 Å². The minimum Gasteiger partial charge on any atom is -0.423 e. The Labute approximate surface area is 147 Å². The van der Waals surface area contributed by atoms with E-state index in [2.05, 4.69) is 13.8 Å². The van der Waals surface area contributed by atoms with Gasteiger partial charge in [0.05, 0.1) is 17.3 Å². The van der Waals surface area contributed by atoms with Crippen molar-refractivity contribution in [2.24, 2.45) is 5.41 Å². The molecule has 0 spiro atoms. The van der Waals surface area contributed by atoms with Crippen molar-refractivity contribution >= 4 is 12.3 Å². The number of ether oxygens (including phenoxy) is 2. The fourth-order valence-electron chi connectivity index (χ4n) is 4.24. The number of carbonyl (C=O) groups excluding carboxylic acids is 2. The van der Waals surface area contributed by atoms with Crippen molar-refractivity contribution < 1.29 is 24.2 Å². The molecule has 3 atom stereocenters. The van der Waals surface area contributed by atoms with Crippen LogP contribution in [0, 0.1) is 5.41 Å². The molecule has 0 aromatic heterocycles. The standard InChI is InChI=1S/C20H24O5/c1-12(5-6-21)7-14-8-15(18(23)24-14)16-9-17-19(2,3)10-13(22)11-20(17,4)25-16/h5-9,13,16,22H,10-11H2,1-4H3/b12-5+,14-7-/t13-,16+,20+/m0/s1. The second-order valence-electron chi connectivity index (χ2n) is 7.88. The maximum absolute atomic E-state index is 12.3. The number of cyclic esters (lactones) is 1. The smallest absolute Gasteiger partial charge is 0.342 e. The molecule has 1 saturated carbocycles. The molecule has 25 heavy (non-hydrogen) atoms. The van der Waals surface area contributed by atoms with Crippen LogP contribution in [-0.2, 0) is 19.1 Å². The summed E-state index contributed by atoms with van der Waals surface area (Å²) in [5, 5.41) is 10.2. The third-order valence-electron chi connectivity index (χ3n) is 5.13. The number of hydrogen-bond acceptors (Lipinski definition) is 5. The summed E-state index contributed by atoms with van der Waals surface area (Å²) in [4.78, 5) is 22.8. The second kappa shape index (κ2) is 6.07. The van der Waals surface area contributed by atoms with Gasteiger partial charge in [0.15, 0.2) is 0 Å². The number of aldehydes is 1. The average Bonchev–Trinajstić information content (AvgIpc) is 2.98. The van der Waals surface area contributed by atoms with Crippen LogP contribution in [0.4, 0.5) is 0 Å². The summed E-state index contributed by atoms with van der Waals surface area (Å²) < 4.78 is 11.5. The van der Waals surface area contributed by atoms with E-state index in [0.29, 0.717) is 36.0 Å². The Morgan fingerprint density at radius 3 is 2.72 bits per heavy atom. The van der Waals surface area contributed by atoms with Gasteiger partial charge in [-0.25, -0.2) is 4.79 Å². The number of rotatable bonds is 3. The van der Waals surface area contributed by atoms with E-state index >= 15 is 0 Å². The minimum atomic E-state index is -0.577. The van der Waals surface area contributed by atoms with Gasteiger partial charge in [-0.1, -0.05) is 13.8 Å². The van der Waals surface area contributed by atoms with Crippen LogP contribution in [0.15, 0.2) is 46.8 Å². The van der Waals surface area contributed by atoms with Crippen LogP contribution in [0.5, 0.6) is 0 Å². The molecule has 2 heterocycles. The second-order valence-corrected chi connectivity index (χ2v) is 7.88. The van der Waals surface area contributed by atoms with Gasteiger partial charge in [-0.2, -0.15) is 0 Å². The van der Waals surface area contributed by atoms with Gasteiger partial charge in [-0.15, -0.1) is 0 Å². The first kappa shape index (κ1) is 17.8. The van der Waals surface area contributed by atoms with Gasteiger partial charge in [0.1, 0.15) is 18.1 Å². The molecule has 2 aliphatic heterocycles. The Hall–Kier alpha value is -1.98. The molecule has 0 saturated heterocycles. The Bertz CT molecular complexity index is 737. The van der Waals surface area contributed by atoms with Crippen molar-refractivity contribution in [2.45, 2.75) is 58.3 Å². The van der Waals surface area contributed by atoms with Crippen molar-refractivity contribution in [3.63, 3.8) is 0 Å². The molecule has 0 amide bonds. The number of carbonyl (C=O) groups is 2. The lowest BCUT2D eigenvalue weighted by Crippen LogP contribution is -2.45. The highest BCUT2D eigenvalue weighted by atomic mass is 16.6. The lowest BCUT2D eigenvalue weighted by atomic mass is 9.65. The third kappa shape index (κ3) is 3.26. The number of esters is 1. The van der Waals surface area contributed by atoms with Crippen LogP contribution < -0.4 is 0 Å². The lowest BCUT2D eigenvalue weighted by molar-refractivity contribution is -0.135. The Balaban J connectivity index is 1.91. The highest BCUT2D eigenvalue weighted by molar-refractivity contribution is 5.94. The van der Waals surface area contributed by atoms with E-state index in [1.54, 1.807) is 19.1 Å². The maximum Gasteiger partial charge on any atom is 0.342 e. The third-order valence-corrected chi connectivity index (χ3v) is 5.13. The molecule has 0 bridgehead atoms. The molecule has 1 aliphatic carbocycles. The molecule has 3 rings (SSSR count). The Morgan fingerprint density at radius 1 is 1.32 bits per heavy atom. The summed E-state index contributed by atoms with van der Waals surface area (Å²) >= 11 is 0. The molecule has 5 heteroatoms. The fraction of sp³-hybridized carbons (Fsp3) is 0.500. The van der Waals surface area contributed by atoms with Gasteiger partial charge >= 0.3 is 5.97 Å². The van der Waals surface area contributed by atoms with Crippen LogP contribution in [0.3, 0.4) is 0 Å². The van der Waals surface area contributed by atoms with E-state index < -0.39 is 23.8 Å². The SMILES string of the molecule is CC(/C=C1/C=C([C@H]2C=C3C(C)(C)C[C@H](O)C[C@@]3(C)O2)C(=O)O1)=C\C=O. The maximum atomic E-state index is 12.3. The first-order chi connectivity index (χ1) is 11.6. The molecular formula is C20H24O5. The Kier molecular flexibility index (Phi) is 4.33. The largest absolute Gasteiger partial charge is 0.423 e. The van der Waals surface area contributed by atoms with Gasteiger partial charge in [0.25, 0.3) is 0 Å². The summed E-state index contributed by atoms with van der Waals surface area (Å²) in [6.45, 7) is 7.91. The minimum absolute atomic E-state index is 0.188. The van der Waals surface area contributed by atoms with E-state index in [1.165, 1.54) is 6.08 Å². The first-order valence-corrected chi connectivity index (χ1v) is 8.51. The molecule has 134 valence electrons. The predicted octanol–water partition coefficient (Wildman–Crippen LogP) is 2.76. The monoisotopic (exact) mass is 344 g/mol. The molecule has 0 aromatic rings. The molecule has 0 unspecified atom stereocenters. The van der Waals surface area contributed by atoms with Gasteiger partial charge < -0.3 is 14.6 Å². The number of allylic oxidation sites excluding steroid dienone is 4. The normalized spacial score (nSPS) is 36.0.